The number of fused-ring (bicyclic) bond motifs is 1. The van der Waals surface area contributed by atoms with Gasteiger partial charge in [0.05, 0.1) is 10.7 Å². The lowest BCUT2D eigenvalue weighted by atomic mass is 10.2. The number of hydrogen-bond acceptors (Lipinski definition) is 4. The van der Waals surface area contributed by atoms with Gasteiger partial charge in [0.25, 0.3) is 0 Å². The third-order valence-electron chi connectivity index (χ3n) is 3.45. The lowest BCUT2D eigenvalue weighted by Gasteiger charge is -2.11. The predicted molar refractivity (Wildman–Crippen MR) is 97.5 cm³/mol. The van der Waals surface area contributed by atoms with E-state index < -0.39 is 0 Å². The third-order valence-corrected chi connectivity index (χ3v) is 4.79. The number of benzene rings is 1. The molecule has 0 saturated heterocycles. The number of rotatable bonds is 5. The van der Waals surface area contributed by atoms with Gasteiger partial charge in [-0.3, -0.25) is 0 Å². The second-order valence-electron chi connectivity index (χ2n) is 4.98. The van der Waals surface area contributed by atoms with Crippen molar-refractivity contribution in [1.29, 1.82) is 0 Å². The Bertz CT molecular complexity index is 827. The van der Waals surface area contributed by atoms with Crippen molar-refractivity contribution < 1.29 is 0 Å². The molecule has 0 bridgehead atoms. The number of halogens is 2. The van der Waals surface area contributed by atoms with E-state index >= 15 is 0 Å². The molecular weight excluding hydrogens is 351 g/mol. The van der Waals surface area contributed by atoms with E-state index in [0.29, 0.717) is 5.82 Å². The smallest absolute Gasteiger partial charge is 0.227 e. The summed E-state index contributed by atoms with van der Waals surface area (Å²) in [5.74, 6) is 1.51. The molecule has 0 amide bonds. The van der Waals surface area contributed by atoms with Crippen molar-refractivity contribution in [1.82, 2.24) is 19.5 Å². The second-order valence-corrected chi connectivity index (χ2v) is 6.91. The maximum Gasteiger partial charge on any atom is 0.227 e. The first-order valence-corrected chi connectivity index (χ1v) is 9.21. The van der Waals surface area contributed by atoms with Crippen molar-refractivity contribution in [2.45, 2.75) is 31.8 Å². The summed E-state index contributed by atoms with van der Waals surface area (Å²) in [4.78, 5) is 12.5. The van der Waals surface area contributed by atoms with Crippen molar-refractivity contribution in [3.8, 4) is 11.5 Å². The van der Waals surface area contributed by atoms with Crippen LogP contribution in [0.4, 0.5) is 0 Å². The van der Waals surface area contributed by atoms with Gasteiger partial charge in [0.1, 0.15) is 0 Å². The average Bonchev–Trinajstić information content (AvgIpc) is 2.81. The van der Waals surface area contributed by atoms with Crippen molar-refractivity contribution in [3.05, 3.63) is 34.8 Å². The summed E-state index contributed by atoms with van der Waals surface area (Å²) in [6, 6.07) is 8.29. The molecule has 7 heteroatoms. The molecule has 0 saturated carbocycles. The third kappa shape index (κ3) is 3.18. The Hall–Kier alpha value is -1.30. The molecule has 3 aromatic rings. The summed E-state index contributed by atoms with van der Waals surface area (Å²) in [6.07, 6.45) is 1.01. The Kier molecular flexibility index (Phi) is 5.09. The first-order valence-electron chi connectivity index (χ1n) is 7.47. The quantitative estimate of drug-likeness (QED) is 0.573. The van der Waals surface area contributed by atoms with Gasteiger partial charge >= 0.3 is 0 Å². The number of thioether (sulfide) groups is 1. The van der Waals surface area contributed by atoms with Gasteiger partial charge in [-0.05, 0) is 35.4 Å². The van der Waals surface area contributed by atoms with Crippen LogP contribution in [0, 0.1) is 0 Å². The Balaban J connectivity index is 2.35. The van der Waals surface area contributed by atoms with E-state index in [-0.39, 0.29) is 10.6 Å². The first kappa shape index (κ1) is 16.6. The minimum atomic E-state index is 0.109. The minimum absolute atomic E-state index is 0.109. The Labute approximate surface area is 149 Å². The standard InChI is InChI=1S/C16H16Cl2N4S/c1-3-9-22-12(13-19-15(17)21-16(18)20-13)10-7-5-6-8-11(10)14(22)23-4-2/h5-8H,3-4,9H2,1-2H3. The number of hydrogen-bond donors (Lipinski definition) is 0. The summed E-state index contributed by atoms with van der Waals surface area (Å²) in [5, 5.41) is 3.76. The summed E-state index contributed by atoms with van der Waals surface area (Å²) in [5.41, 5.74) is 0.949. The summed E-state index contributed by atoms with van der Waals surface area (Å²) in [6.45, 7) is 5.19. The molecule has 0 aliphatic rings. The van der Waals surface area contributed by atoms with Gasteiger partial charge in [-0.25, -0.2) is 0 Å². The molecule has 23 heavy (non-hydrogen) atoms. The molecule has 0 aliphatic carbocycles. The molecule has 2 aromatic heterocycles. The lowest BCUT2D eigenvalue weighted by Crippen LogP contribution is -2.04. The van der Waals surface area contributed by atoms with Gasteiger partial charge in [-0.1, -0.05) is 38.1 Å². The SMILES string of the molecule is CCCn1c(SCC)c2ccccc2c1-c1nc(Cl)nc(Cl)n1. The molecular formula is C16H16Cl2N4S. The van der Waals surface area contributed by atoms with Crippen LogP contribution in [0.25, 0.3) is 22.3 Å². The fourth-order valence-electron chi connectivity index (χ4n) is 2.67. The normalized spacial score (nSPS) is 11.3. The molecule has 4 nitrogen and oxygen atoms in total. The Morgan fingerprint density at radius 1 is 1.00 bits per heavy atom. The topological polar surface area (TPSA) is 43.6 Å². The van der Waals surface area contributed by atoms with Crippen LogP contribution in [-0.4, -0.2) is 25.3 Å². The van der Waals surface area contributed by atoms with Crippen molar-refractivity contribution in [3.63, 3.8) is 0 Å². The van der Waals surface area contributed by atoms with Crippen LogP contribution in [0.5, 0.6) is 0 Å². The van der Waals surface area contributed by atoms with Gasteiger partial charge in [-0.2, -0.15) is 15.0 Å². The van der Waals surface area contributed by atoms with Crippen LogP contribution in [0.15, 0.2) is 29.3 Å². The monoisotopic (exact) mass is 366 g/mol. The van der Waals surface area contributed by atoms with Gasteiger partial charge in [0.15, 0.2) is 5.82 Å². The van der Waals surface area contributed by atoms with E-state index in [4.69, 9.17) is 23.2 Å². The van der Waals surface area contributed by atoms with E-state index in [1.165, 1.54) is 10.4 Å². The number of aromatic nitrogens is 4. The molecule has 0 aliphatic heterocycles. The van der Waals surface area contributed by atoms with E-state index in [0.717, 1.165) is 29.8 Å². The zero-order chi connectivity index (χ0) is 16.4. The average molecular weight is 367 g/mol. The van der Waals surface area contributed by atoms with E-state index in [1.54, 1.807) is 0 Å². The Morgan fingerprint density at radius 2 is 1.65 bits per heavy atom. The summed E-state index contributed by atoms with van der Waals surface area (Å²) >= 11 is 13.8. The molecule has 0 fully saturated rings. The highest BCUT2D eigenvalue weighted by atomic mass is 35.5. The fraction of sp³-hybridized carbons (Fsp3) is 0.312. The maximum atomic E-state index is 5.99. The molecule has 1 aromatic carbocycles. The highest BCUT2D eigenvalue weighted by Gasteiger charge is 2.20. The van der Waals surface area contributed by atoms with E-state index in [2.05, 4.69) is 51.6 Å². The minimum Gasteiger partial charge on any atom is -0.332 e. The highest BCUT2D eigenvalue weighted by molar-refractivity contribution is 7.99. The van der Waals surface area contributed by atoms with E-state index in [1.807, 2.05) is 17.8 Å². The van der Waals surface area contributed by atoms with Gasteiger partial charge < -0.3 is 4.57 Å². The van der Waals surface area contributed by atoms with E-state index in [9.17, 15) is 0 Å². The molecule has 0 spiro atoms. The van der Waals surface area contributed by atoms with Crippen molar-refractivity contribution in [2.75, 3.05) is 5.75 Å². The van der Waals surface area contributed by atoms with Crippen LogP contribution in [0.1, 0.15) is 20.3 Å². The predicted octanol–water partition coefficient (Wildman–Crippen LogP) is 5.32. The zero-order valence-electron chi connectivity index (χ0n) is 12.9. The molecule has 0 radical (unpaired) electrons. The first-order chi connectivity index (χ1) is 11.2. The number of nitrogens with zero attached hydrogens (tertiary/aromatic N) is 4. The molecule has 120 valence electrons. The van der Waals surface area contributed by atoms with Crippen LogP contribution in [-0.2, 0) is 6.54 Å². The Morgan fingerprint density at radius 3 is 2.26 bits per heavy atom. The van der Waals surface area contributed by atoms with Gasteiger partial charge in [-0.15, -0.1) is 11.8 Å². The van der Waals surface area contributed by atoms with Crippen LogP contribution in [0.3, 0.4) is 0 Å². The van der Waals surface area contributed by atoms with Gasteiger partial charge in [0, 0.05) is 17.3 Å². The van der Waals surface area contributed by atoms with Crippen LogP contribution in [0.2, 0.25) is 10.6 Å². The summed E-state index contributed by atoms with van der Waals surface area (Å²) in [7, 11) is 0. The zero-order valence-corrected chi connectivity index (χ0v) is 15.2. The lowest BCUT2D eigenvalue weighted by molar-refractivity contribution is 0.643. The van der Waals surface area contributed by atoms with Crippen molar-refractivity contribution in [2.24, 2.45) is 0 Å². The summed E-state index contributed by atoms with van der Waals surface area (Å²) < 4.78 is 2.26. The molecule has 0 unspecified atom stereocenters. The van der Waals surface area contributed by atoms with Gasteiger partial charge in [0.2, 0.25) is 10.6 Å². The molecule has 0 N–H and O–H groups in total. The molecule has 2 heterocycles. The van der Waals surface area contributed by atoms with Crippen molar-refractivity contribution >= 4 is 45.7 Å². The fourth-order valence-corrected chi connectivity index (χ4v) is 3.98. The largest absolute Gasteiger partial charge is 0.332 e. The molecule has 3 rings (SSSR count). The van der Waals surface area contributed by atoms with Crippen LogP contribution < -0.4 is 0 Å². The highest BCUT2D eigenvalue weighted by Crippen LogP contribution is 2.38. The second kappa shape index (κ2) is 7.07. The molecule has 0 atom stereocenters. The van der Waals surface area contributed by atoms with Crippen LogP contribution >= 0.6 is 35.0 Å². The maximum absolute atomic E-state index is 5.99.